The van der Waals surface area contributed by atoms with Crippen LogP contribution >= 0.6 is 23.2 Å². The molecule has 6 aromatic rings. The van der Waals surface area contributed by atoms with Crippen LogP contribution in [0.25, 0.3) is 34.2 Å². The lowest BCUT2D eigenvalue weighted by molar-refractivity contribution is -0.291. The molecule has 0 aliphatic rings. The number of aryl methyl sites for hydroxylation is 2. The average Bonchev–Trinajstić information content (AvgIpc) is 3.97. The van der Waals surface area contributed by atoms with E-state index < -0.39 is 77.3 Å². The van der Waals surface area contributed by atoms with E-state index in [1.807, 2.05) is 0 Å². The Bertz CT molecular complexity index is 2660. The van der Waals surface area contributed by atoms with E-state index in [9.17, 15) is 67.4 Å². The molecule has 0 atom stereocenters. The van der Waals surface area contributed by atoms with Gasteiger partial charge in [-0.25, -0.2) is 19.0 Å². The third-order valence-corrected chi connectivity index (χ3v) is 8.72. The van der Waals surface area contributed by atoms with E-state index in [0.29, 0.717) is 19.6 Å². The van der Waals surface area contributed by atoms with Crippen molar-refractivity contribution in [3.8, 4) is 45.6 Å². The minimum Gasteiger partial charge on any atom is -0.503 e. The number of esters is 1. The van der Waals surface area contributed by atoms with Crippen LogP contribution < -0.4 is 4.74 Å². The Balaban J connectivity index is 0.000000235. The summed E-state index contributed by atoms with van der Waals surface area (Å²) in [4.78, 5) is 23.0. The summed E-state index contributed by atoms with van der Waals surface area (Å²) in [6, 6.07) is 7.82. The number of alkyl halides is 12. The van der Waals surface area contributed by atoms with Gasteiger partial charge < -0.3 is 19.7 Å². The monoisotopic (exact) mass is 938 g/mol. The van der Waals surface area contributed by atoms with E-state index in [2.05, 4.69) is 40.3 Å². The van der Waals surface area contributed by atoms with Gasteiger partial charge in [0.05, 0.1) is 40.7 Å². The van der Waals surface area contributed by atoms with Crippen molar-refractivity contribution < 1.29 is 82.0 Å². The highest BCUT2D eigenvalue weighted by molar-refractivity contribution is 6.34. The number of carbonyl (C=O) groups excluding carboxylic acids is 1. The van der Waals surface area contributed by atoms with E-state index in [0.717, 1.165) is 44.3 Å². The number of carbonyl (C=O) groups is 2. The maximum atomic E-state index is 13.9. The average molecular weight is 939 g/mol. The molecule has 0 aliphatic heterocycles. The van der Waals surface area contributed by atoms with Crippen molar-refractivity contribution in [1.82, 2.24) is 49.5 Å². The largest absolute Gasteiger partial charge is 0.503 e. The van der Waals surface area contributed by atoms with Crippen molar-refractivity contribution in [3.63, 3.8) is 0 Å². The van der Waals surface area contributed by atoms with E-state index >= 15 is 0 Å². The van der Waals surface area contributed by atoms with Gasteiger partial charge in [-0.3, -0.25) is 0 Å². The third kappa shape index (κ3) is 8.76. The summed E-state index contributed by atoms with van der Waals surface area (Å²) >= 11 is 11.7. The molecule has 332 valence electrons. The number of rotatable bonds is 10. The Labute approximate surface area is 345 Å². The number of nitrogens with zero attached hydrogens (tertiary/aromatic N) is 10. The standard InChI is InChI=1S/C16H9ClF7N5O3.C16H11ClF5N5O3/c1-28-12(10(32-14(18)19)11(26-28)15(20,21)16(22,23)24)29-5-9(25-27-29)6-2-3-8(17)7(4-6)13(30)31;1-26-13(11(28)12(24-26)15(18,19)16(20,21)22)27-6-10(23-25-27)7-3-4-9(17)8(5-7)14(29)30-2/h2-5,14H,1H3,(H,30,31);3-6,28H,1-2H3. The second-order valence-corrected chi connectivity index (χ2v) is 12.9. The molecule has 0 amide bonds. The van der Waals surface area contributed by atoms with E-state index in [-0.39, 0.29) is 38.1 Å². The van der Waals surface area contributed by atoms with Crippen LogP contribution in [0.3, 0.4) is 0 Å². The Kier molecular flexibility index (Phi) is 12.5. The number of aromatic hydroxyl groups is 1. The minimum absolute atomic E-state index is 0.0155. The van der Waals surface area contributed by atoms with Gasteiger partial charge in [-0.05, 0) is 24.3 Å². The molecule has 0 radical (unpaired) electrons. The van der Waals surface area contributed by atoms with Gasteiger partial charge in [-0.2, -0.15) is 72.2 Å². The Morgan fingerprint density at radius 1 is 0.710 bits per heavy atom. The van der Waals surface area contributed by atoms with E-state index in [4.69, 9.17) is 28.3 Å². The fourth-order valence-electron chi connectivity index (χ4n) is 5.19. The summed E-state index contributed by atoms with van der Waals surface area (Å²) in [5.41, 5.74) is -3.82. The van der Waals surface area contributed by atoms with Crippen molar-refractivity contribution in [1.29, 1.82) is 0 Å². The van der Waals surface area contributed by atoms with E-state index in [1.165, 1.54) is 30.3 Å². The number of carboxylic acids is 1. The normalized spacial score (nSPS) is 12.4. The molecule has 0 spiro atoms. The number of benzene rings is 2. The van der Waals surface area contributed by atoms with Crippen molar-refractivity contribution in [2.75, 3.05) is 7.11 Å². The number of carboxylic acid groups (broad SMARTS) is 1. The summed E-state index contributed by atoms with van der Waals surface area (Å²) in [5, 5.41) is 39.8. The molecule has 30 heteroatoms. The molecule has 6 rings (SSSR count). The molecule has 0 unspecified atom stereocenters. The van der Waals surface area contributed by atoms with E-state index in [1.54, 1.807) is 0 Å². The molecule has 0 fully saturated rings. The first-order chi connectivity index (χ1) is 28.6. The first kappa shape index (κ1) is 46.5. The molecule has 2 aromatic carbocycles. The number of hydrogen-bond acceptors (Lipinski definition) is 11. The van der Waals surface area contributed by atoms with Gasteiger partial charge in [0.1, 0.15) is 11.4 Å². The predicted molar refractivity (Wildman–Crippen MR) is 184 cm³/mol. The van der Waals surface area contributed by atoms with Crippen molar-refractivity contribution in [2.24, 2.45) is 14.1 Å². The minimum atomic E-state index is -6.15. The number of ether oxygens (including phenoxy) is 2. The summed E-state index contributed by atoms with van der Waals surface area (Å²) in [6.45, 7) is -3.77. The van der Waals surface area contributed by atoms with Crippen molar-refractivity contribution in [3.05, 3.63) is 81.4 Å². The first-order valence-electron chi connectivity index (χ1n) is 16.1. The van der Waals surface area contributed by atoms with Gasteiger partial charge in [0.15, 0.2) is 34.5 Å². The fourth-order valence-corrected chi connectivity index (χ4v) is 5.58. The molecule has 4 aromatic heterocycles. The zero-order chi connectivity index (χ0) is 46.4. The highest BCUT2D eigenvalue weighted by atomic mass is 35.5. The molecule has 2 N–H and O–H groups in total. The summed E-state index contributed by atoms with van der Waals surface area (Å²) < 4.78 is 168. The second-order valence-electron chi connectivity index (χ2n) is 12.1. The van der Waals surface area contributed by atoms with Crippen LogP contribution in [-0.4, -0.2) is 97.8 Å². The van der Waals surface area contributed by atoms with Crippen LogP contribution in [-0.2, 0) is 30.7 Å². The van der Waals surface area contributed by atoms with Gasteiger partial charge in [-0.1, -0.05) is 45.8 Å². The van der Waals surface area contributed by atoms with Crippen LogP contribution in [0.1, 0.15) is 32.1 Å². The highest BCUT2D eigenvalue weighted by Crippen LogP contribution is 2.49. The van der Waals surface area contributed by atoms with Gasteiger partial charge in [0, 0.05) is 25.2 Å². The molecule has 0 saturated carbocycles. The smallest absolute Gasteiger partial charge is 0.459 e. The quantitative estimate of drug-likeness (QED) is 0.101. The summed E-state index contributed by atoms with van der Waals surface area (Å²) in [5.74, 6) is -17.5. The number of aromatic carboxylic acids is 1. The zero-order valence-corrected chi connectivity index (χ0v) is 32.0. The Morgan fingerprint density at radius 2 is 1.15 bits per heavy atom. The number of hydrogen-bond donors (Lipinski definition) is 2. The van der Waals surface area contributed by atoms with Crippen LogP contribution in [0, 0.1) is 0 Å². The second kappa shape index (κ2) is 16.7. The topological polar surface area (TPSA) is 190 Å². The highest BCUT2D eigenvalue weighted by Gasteiger charge is 2.63. The van der Waals surface area contributed by atoms with Gasteiger partial charge in [0.2, 0.25) is 0 Å². The van der Waals surface area contributed by atoms with Gasteiger partial charge >= 0.3 is 42.7 Å². The van der Waals surface area contributed by atoms with Crippen LogP contribution in [0.5, 0.6) is 11.5 Å². The number of methoxy groups -OCH3 is 1. The SMILES string of the molecule is COC(=O)c1cc(-c2cn(-c3c(O)c(C(F)(F)C(F)(F)F)nn3C)nn2)ccc1Cl.Cn1nc(C(F)(F)C(F)(F)F)c(OC(F)F)c1-n1cc(-c2ccc(Cl)c(C(=O)O)c2)nn1. The lowest BCUT2D eigenvalue weighted by Crippen LogP contribution is -2.34. The van der Waals surface area contributed by atoms with Crippen LogP contribution in [0.4, 0.5) is 52.7 Å². The number of aromatic nitrogens is 10. The molecule has 4 heterocycles. The third-order valence-electron chi connectivity index (χ3n) is 8.06. The molecular formula is C32H20Cl2F12N10O6. The maximum Gasteiger partial charge on any atom is 0.459 e. The fraction of sp³-hybridized carbons (Fsp3) is 0.250. The van der Waals surface area contributed by atoms with Crippen molar-refractivity contribution in [2.45, 2.75) is 30.8 Å². The zero-order valence-electron chi connectivity index (χ0n) is 30.5. The molecular weight excluding hydrogens is 919 g/mol. The Hall–Kier alpha value is -6.58. The molecule has 62 heavy (non-hydrogen) atoms. The lowest BCUT2D eigenvalue weighted by atomic mass is 10.1. The summed E-state index contributed by atoms with van der Waals surface area (Å²) in [6.07, 6.45) is -10.0. The molecule has 0 saturated heterocycles. The molecule has 16 nitrogen and oxygen atoms in total. The molecule has 0 aliphatic carbocycles. The van der Waals surface area contributed by atoms with Gasteiger partial charge in [-0.15, -0.1) is 10.2 Å². The predicted octanol–water partition coefficient (Wildman–Crippen LogP) is 7.74. The molecule has 0 bridgehead atoms. The lowest BCUT2D eigenvalue weighted by Gasteiger charge is -2.18. The van der Waals surface area contributed by atoms with Gasteiger partial charge in [0.25, 0.3) is 0 Å². The van der Waals surface area contributed by atoms with Crippen molar-refractivity contribution >= 4 is 35.1 Å². The number of halogens is 14. The summed E-state index contributed by atoms with van der Waals surface area (Å²) in [7, 11) is 3.10. The van der Waals surface area contributed by atoms with Crippen LogP contribution in [0.15, 0.2) is 48.8 Å². The Morgan fingerprint density at radius 3 is 1.61 bits per heavy atom. The van der Waals surface area contributed by atoms with Crippen LogP contribution in [0.2, 0.25) is 10.0 Å². The maximum absolute atomic E-state index is 13.9. The first-order valence-corrected chi connectivity index (χ1v) is 16.8.